The topological polar surface area (TPSA) is 24.9 Å². The molecule has 0 amide bonds. The molecule has 1 atom stereocenters. The van der Waals surface area contributed by atoms with Crippen LogP contribution in [0.2, 0.25) is 0 Å². The fourth-order valence-corrected chi connectivity index (χ4v) is 3.23. The van der Waals surface area contributed by atoms with Crippen LogP contribution in [0, 0.1) is 11.6 Å². The second kappa shape index (κ2) is 7.42. The average Bonchev–Trinajstić information content (AvgIpc) is 2.44. The van der Waals surface area contributed by atoms with Gasteiger partial charge in [0, 0.05) is 20.7 Å². The molecule has 21 heavy (non-hydrogen) atoms. The average molecular weight is 420 g/mol. The van der Waals surface area contributed by atoms with Crippen molar-refractivity contribution in [2.45, 2.75) is 19.4 Å². The zero-order valence-corrected chi connectivity index (χ0v) is 14.5. The van der Waals surface area contributed by atoms with Crippen molar-refractivity contribution in [3.8, 4) is 0 Å². The zero-order valence-electron chi connectivity index (χ0n) is 11.3. The van der Waals surface area contributed by atoms with Crippen LogP contribution in [0.3, 0.4) is 0 Å². The van der Waals surface area contributed by atoms with Gasteiger partial charge in [-0.1, -0.05) is 6.92 Å². The maximum atomic E-state index is 14.1. The Morgan fingerprint density at radius 3 is 2.67 bits per heavy atom. The highest BCUT2D eigenvalue weighted by molar-refractivity contribution is 9.11. The minimum atomic E-state index is -0.511. The summed E-state index contributed by atoms with van der Waals surface area (Å²) in [4.78, 5) is 4.33. The molecule has 0 spiro atoms. The summed E-state index contributed by atoms with van der Waals surface area (Å²) in [6.07, 6.45) is 2.51. The van der Waals surface area contributed by atoms with Crippen molar-refractivity contribution in [1.82, 2.24) is 10.3 Å². The van der Waals surface area contributed by atoms with Gasteiger partial charge >= 0.3 is 0 Å². The molecule has 6 heteroatoms. The molecular weight excluding hydrogens is 406 g/mol. The molecule has 0 fully saturated rings. The number of nitrogens with one attached hydrogen (secondary N) is 1. The number of aromatic nitrogens is 1. The van der Waals surface area contributed by atoms with Crippen LogP contribution >= 0.6 is 31.9 Å². The Balaban J connectivity index is 2.49. The SMILES string of the molecule is CCCNC(c1cc(F)ccc1F)c1ncc(Br)cc1Br. The van der Waals surface area contributed by atoms with Crippen LogP contribution in [0.25, 0.3) is 0 Å². The number of rotatable bonds is 5. The Morgan fingerprint density at radius 1 is 1.24 bits per heavy atom. The summed E-state index contributed by atoms with van der Waals surface area (Å²) < 4.78 is 29.1. The molecular formula is C15H14Br2F2N2. The standard InChI is InChI=1S/C15H14Br2F2N2/c1-2-5-20-14(11-7-10(18)3-4-13(11)19)15-12(17)6-9(16)8-21-15/h3-4,6-8,14,20H,2,5H2,1H3. The number of halogens is 4. The van der Waals surface area contributed by atoms with Crippen LogP contribution < -0.4 is 5.32 Å². The van der Waals surface area contributed by atoms with Crippen molar-refractivity contribution in [3.05, 3.63) is 62.3 Å². The van der Waals surface area contributed by atoms with E-state index in [-0.39, 0.29) is 5.56 Å². The number of benzene rings is 1. The first-order valence-electron chi connectivity index (χ1n) is 6.52. The molecule has 0 aliphatic heterocycles. The Bertz CT molecular complexity index is 635. The monoisotopic (exact) mass is 418 g/mol. The van der Waals surface area contributed by atoms with Gasteiger partial charge in [-0.2, -0.15) is 0 Å². The van der Waals surface area contributed by atoms with E-state index in [1.807, 2.05) is 13.0 Å². The summed E-state index contributed by atoms with van der Waals surface area (Å²) >= 11 is 6.76. The van der Waals surface area contributed by atoms with E-state index in [0.29, 0.717) is 12.2 Å². The molecule has 1 aromatic heterocycles. The van der Waals surface area contributed by atoms with Gasteiger partial charge in [-0.25, -0.2) is 8.78 Å². The van der Waals surface area contributed by atoms with Crippen molar-refractivity contribution in [1.29, 1.82) is 0 Å². The third-order valence-electron chi connectivity index (χ3n) is 2.98. The van der Waals surface area contributed by atoms with E-state index >= 15 is 0 Å². The molecule has 0 aliphatic carbocycles. The Morgan fingerprint density at radius 2 is 2.00 bits per heavy atom. The normalized spacial score (nSPS) is 12.4. The van der Waals surface area contributed by atoms with Crippen molar-refractivity contribution >= 4 is 31.9 Å². The molecule has 112 valence electrons. The molecule has 1 aromatic carbocycles. The van der Waals surface area contributed by atoms with E-state index in [0.717, 1.165) is 27.5 Å². The Labute approximate surface area is 139 Å². The van der Waals surface area contributed by atoms with Gasteiger partial charge in [-0.15, -0.1) is 0 Å². The molecule has 1 heterocycles. The van der Waals surface area contributed by atoms with Crippen LogP contribution in [-0.4, -0.2) is 11.5 Å². The highest BCUT2D eigenvalue weighted by atomic mass is 79.9. The van der Waals surface area contributed by atoms with E-state index in [9.17, 15) is 8.78 Å². The summed E-state index contributed by atoms with van der Waals surface area (Å²) in [5.41, 5.74) is 0.870. The van der Waals surface area contributed by atoms with Crippen molar-refractivity contribution < 1.29 is 8.78 Å². The van der Waals surface area contributed by atoms with Crippen molar-refractivity contribution in [2.24, 2.45) is 0 Å². The molecule has 0 aliphatic rings. The fourth-order valence-electron chi connectivity index (χ4n) is 2.02. The first-order chi connectivity index (χ1) is 10.0. The lowest BCUT2D eigenvalue weighted by atomic mass is 10.0. The van der Waals surface area contributed by atoms with Gasteiger partial charge in [0.1, 0.15) is 11.6 Å². The van der Waals surface area contributed by atoms with Gasteiger partial charge in [0.05, 0.1) is 11.7 Å². The van der Waals surface area contributed by atoms with Crippen LogP contribution in [-0.2, 0) is 0 Å². The van der Waals surface area contributed by atoms with Crippen molar-refractivity contribution in [3.63, 3.8) is 0 Å². The molecule has 0 radical (unpaired) electrons. The largest absolute Gasteiger partial charge is 0.305 e. The third kappa shape index (κ3) is 4.08. The molecule has 1 N–H and O–H groups in total. The lowest BCUT2D eigenvalue weighted by Crippen LogP contribution is -2.25. The first kappa shape index (κ1) is 16.5. The summed E-state index contributed by atoms with van der Waals surface area (Å²) in [6.45, 7) is 2.68. The molecule has 0 saturated heterocycles. The molecule has 1 unspecified atom stereocenters. The molecule has 2 aromatic rings. The maximum Gasteiger partial charge on any atom is 0.128 e. The highest BCUT2D eigenvalue weighted by Crippen LogP contribution is 2.30. The van der Waals surface area contributed by atoms with Crippen LogP contribution in [0.5, 0.6) is 0 Å². The van der Waals surface area contributed by atoms with E-state index < -0.39 is 17.7 Å². The number of pyridine rings is 1. The summed E-state index contributed by atoms with van der Waals surface area (Å²) in [6, 6.07) is 4.78. The van der Waals surface area contributed by atoms with Gasteiger partial charge in [0.2, 0.25) is 0 Å². The lowest BCUT2D eigenvalue weighted by Gasteiger charge is -2.20. The van der Waals surface area contributed by atoms with Gasteiger partial charge in [-0.05, 0) is 69.1 Å². The predicted molar refractivity (Wildman–Crippen MR) is 86.1 cm³/mol. The van der Waals surface area contributed by atoms with Crippen molar-refractivity contribution in [2.75, 3.05) is 6.54 Å². The second-order valence-electron chi connectivity index (χ2n) is 4.57. The Kier molecular flexibility index (Phi) is 5.84. The molecule has 0 bridgehead atoms. The third-order valence-corrected chi connectivity index (χ3v) is 4.05. The van der Waals surface area contributed by atoms with Crippen LogP contribution in [0.1, 0.15) is 30.6 Å². The predicted octanol–water partition coefficient (Wildman–Crippen LogP) is 4.97. The van der Waals surface area contributed by atoms with E-state index in [1.165, 1.54) is 6.07 Å². The number of hydrogen-bond acceptors (Lipinski definition) is 2. The smallest absolute Gasteiger partial charge is 0.128 e. The summed E-state index contributed by atoms with van der Waals surface area (Å²) in [7, 11) is 0. The van der Waals surface area contributed by atoms with E-state index in [2.05, 4.69) is 42.2 Å². The molecule has 0 saturated carbocycles. The zero-order chi connectivity index (χ0) is 15.4. The number of nitrogens with zero attached hydrogens (tertiary/aromatic N) is 1. The minimum absolute atomic E-state index is 0.249. The minimum Gasteiger partial charge on any atom is -0.305 e. The summed E-state index contributed by atoms with van der Waals surface area (Å²) in [5, 5.41) is 3.22. The maximum absolute atomic E-state index is 14.1. The van der Waals surface area contributed by atoms with Gasteiger partial charge in [0.25, 0.3) is 0 Å². The summed E-state index contributed by atoms with van der Waals surface area (Å²) in [5.74, 6) is -0.926. The van der Waals surface area contributed by atoms with Gasteiger partial charge < -0.3 is 5.32 Å². The first-order valence-corrected chi connectivity index (χ1v) is 8.10. The van der Waals surface area contributed by atoms with Gasteiger partial charge in [0.15, 0.2) is 0 Å². The van der Waals surface area contributed by atoms with Crippen LogP contribution in [0.4, 0.5) is 8.78 Å². The van der Waals surface area contributed by atoms with Crippen LogP contribution in [0.15, 0.2) is 39.4 Å². The molecule has 2 nitrogen and oxygen atoms in total. The van der Waals surface area contributed by atoms with Gasteiger partial charge in [-0.3, -0.25) is 4.98 Å². The van der Waals surface area contributed by atoms with E-state index in [4.69, 9.17) is 0 Å². The Hall–Kier alpha value is -0.850. The number of hydrogen-bond donors (Lipinski definition) is 1. The van der Waals surface area contributed by atoms with E-state index in [1.54, 1.807) is 6.20 Å². The molecule has 2 rings (SSSR count). The highest BCUT2D eigenvalue weighted by Gasteiger charge is 2.21. The lowest BCUT2D eigenvalue weighted by molar-refractivity contribution is 0.527. The quantitative estimate of drug-likeness (QED) is 0.739. The fraction of sp³-hybridized carbons (Fsp3) is 0.267. The second-order valence-corrected chi connectivity index (χ2v) is 6.34.